The van der Waals surface area contributed by atoms with Crippen molar-refractivity contribution in [3.05, 3.63) is 99.1 Å². The zero-order chi connectivity index (χ0) is 22.2. The molecule has 31 heavy (non-hydrogen) atoms. The molecule has 3 aromatic carbocycles. The van der Waals surface area contributed by atoms with Crippen molar-refractivity contribution in [2.75, 3.05) is 5.32 Å². The number of hydrazine groups is 1. The summed E-state index contributed by atoms with van der Waals surface area (Å²) in [6.07, 6.45) is 0. The molecule has 0 bridgehead atoms. The molecule has 0 aliphatic carbocycles. The summed E-state index contributed by atoms with van der Waals surface area (Å²) in [4.78, 5) is 36.7. The number of hydrogen-bond acceptors (Lipinski definition) is 4. The fraction of sp³-hybridized carbons (Fsp3) is 0. The number of halogens is 1. The zero-order valence-electron chi connectivity index (χ0n) is 16.0. The Labute approximate surface area is 197 Å². The predicted molar refractivity (Wildman–Crippen MR) is 131 cm³/mol. The molecule has 0 aliphatic rings. The van der Waals surface area contributed by atoms with Crippen LogP contribution in [-0.4, -0.2) is 22.8 Å². The number of amides is 3. The molecule has 0 fully saturated rings. The maximum Gasteiger partial charge on any atom is 0.269 e. The van der Waals surface area contributed by atoms with Crippen molar-refractivity contribution in [1.29, 1.82) is 0 Å². The number of thiocarbonyl (C=S) groups is 1. The van der Waals surface area contributed by atoms with Crippen molar-refractivity contribution in [2.45, 2.75) is 0 Å². The highest BCUT2D eigenvalue weighted by Gasteiger charge is 2.12. The first-order chi connectivity index (χ1) is 14.9. The maximum atomic E-state index is 12.3. The second kappa shape index (κ2) is 10.6. The van der Waals surface area contributed by atoms with Gasteiger partial charge in [-0.3, -0.25) is 30.6 Å². The van der Waals surface area contributed by atoms with Crippen LogP contribution in [-0.2, 0) is 0 Å². The standard InChI is InChI=1S/C22H17IN4O3S/c23-18-9-5-4-8-17(18)21(30)25-22(31)27-26-20(29)15-10-12-16(13-11-15)24-19(28)14-6-2-1-3-7-14/h1-13H,(H,24,28)(H,26,29)(H2,25,27,30,31). The average Bonchev–Trinajstić information content (AvgIpc) is 2.78. The number of rotatable bonds is 4. The van der Waals surface area contributed by atoms with Crippen molar-refractivity contribution in [1.82, 2.24) is 16.2 Å². The summed E-state index contributed by atoms with van der Waals surface area (Å²) in [6, 6.07) is 22.2. The van der Waals surface area contributed by atoms with Gasteiger partial charge >= 0.3 is 0 Å². The number of nitrogens with one attached hydrogen (secondary N) is 4. The van der Waals surface area contributed by atoms with E-state index in [1.54, 1.807) is 66.7 Å². The van der Waals surface area contributed by atoms with Gasteiger partial charge in [0.2, 0.25) is 0 Å². The van der Waals surface area contributed by atoms with Crippen LogP contribution in [0.5, 0.6) is 0 Å². The third kappa shape index (κ3) is 6.33. The molecule has 3 amide bonds. The van der Waals surface area contributed by atoms with Gasteiger partial charge in [0.25, 0.3) is 17.7 Å². The van der Waals surface area contributed by atoms with Crippen LogP contribution >= 0.6 is 34.8 Å². The Morgan fingerprint density at radius 2 is 1.29 bits per heavy atom. The Morgan fingerprint density at radius 3 is 1.97 bits per heavy atom. The molecule has 0 radical (unpaired) electrons. The SMILES string of the molecule is O=C(NNC(=S)NC(=O)c1ccccc1I)c1ccc(NC(=O)c2ccccc2)cc1. The minimum Gasteiger partial charge on any atom is -0.322 e. The molecular formula is C22H17IN4O3S. The summed E-state index contributed by atoms with van der Waals surface area (Å²) < 4.78 is 0.781. The van der Waals surface area contributed by atoms with E-state index in [1.165, 1.54) is 0 Å². The molecule has 9 heteroatoms. The van der Waals surface area contributed by atoms with Crippen molar-refractivity contribution < 1.29 is 14.4 Å². The van der Waals surface area contributed by atoms with E-state index in [1.807, 2.05) is 12.1 Å². The van der Waals surface area contributed by atoms with Gasteiger partial charge in [0.05, 0.1) is 5.56 Å². The van der Waals surface area contributed by atoms with Gasteiger partial charge in [0.15, 0.2) is 5.11 Å². The van der Waals surface area contributed by atoms with Crippen LogP contribution in [0.25, 0.3) is 0 Å². The van der Waals surface area contributed by atoms with Gasteiger partial charge in [-0.05, 0) is 83.3 Å². The van der Waals surface area contributed by atoms with Gasteiger partial charge in [0.1, 0.15) is 0 Å². The highest BCUT2D eigenvalue weighted by atomic mass is 127. The van der Waals surface area contributed by atoms with E-state index in [0.717, 1.165) is 3.57 Å². The van der Waals surface area contributed by atoms with Crippen LogP contribution in [0.2, 0.25) is 0 Å². The average molecular weight is 544 g/mol. The lowest BCUT2D eigenvalue weighted by Crippen LogP contribution is -2.48. The lowest BCUT2D eigenvalue weighted by atomic mass is 10.1. The number of hydrogen-bond donors (Lipinski definition) is 4. The summed E-state index contributed by atoms with van der Waals surface area (Å²) in [5.41, 5.74) is 6.83. The lowest BCUT2D eigenvalue weighted by molar-refractivity contribution is 0.0934. The predicted octanol–water partition coefficient (Wildman–Crippen LogP) is 3.49. The third-order valence-electron chi connectivity index (χ3n) is 4.08. The third-order valence-corrected chi connectivity index (χ3v) is 5.22. The van der Waals surface area contributed by atoms with Gasteiger partial charge in [-0.1, -0.05) is 30.3 Å². The molecule has 0 spiro atoms. The second-order valence-electron chi connectivity index (χ2n) is 6.24. The smallest absolute Gasteiger partial charge is 0.269 e. The molecule has 0 aliphatic heterocycles. The fourth-order valence-electron chi connectivity index (χ4n) is 2.53. The normalized spacial score (nSPS) is 9.97. The summed E-state index contributed by atoms with van der Waals surface area (Å²) in [5.74, 6) is -1.07. The first kappa shape index (κ1) is 22.4. The van der Waals surface area contributed by atoms with Gasteiger partial charge in [0, 0.05) is 20.4 Å². The number of carbonyl (C=O) groups is 3. The van der Waals surface area contributed by atoms with E-state index < -0.39 is 5.91 Å². The lowest BCUT2D eigenvalue weighted by Gasteiger charge is -2.12. The molecule has 3 aromatic rings. The Kier molecular flexibility index (Phi) is 7.68. The molecule has 0 saturated heterocycles. The van der Waals surface area contributed by atoms with E-state index in [0.29, 0.717) is 22.4 Å². The van der Waals surface area contributed by atoms with Crippen molar-refractivity contribution in [2.24, 2.45) is 0 Å². The van der Waals surface area contributed by atoms with E-state index in [4.69, 9.17) is 12.2 Å². The molecule has 0 aromatic heterocycles. The van der Waals surface area contributed by atoms with Crippen LogP contribution in [0.3, 0.4) is 0 Å². The molecule has 0 saturated carbocycles. The summed E-state index contributed by atoms with van der Waals surface area (Å²) in [5, 5.41) is 5.23. The number of benzene rings is 3. The molecule has 4 N–H and O–H groups in total. The van der Waals surface area contributed by atoms with Crippen molar-refractivity contribution in [3.63, 3.8) is 0 Å². The van der Waals surface area contributed by atoms with Gasteiger partial charge in [-0.25, -0.2) is 0 Å². The van der Waals surface area contributed by atoms with Crippen molar-refractivity contribution in [3.8, 4) is 0 Å². The quantitative estimate of drug-likeness (QED) is 0.229. The first-order valence-electron chi connectivity index (χ1n) is 9.06. The molecular weight excluding hydrogens is 527 g/mol. The van der Waals surface area contributed by atoms with Gasteiger partial charge in [-0.15, -0.1) is 0 Å². The molecule has 0 unspecified atom stereocenters. The molecule has 0 atom stereocenters. The van der Waals surface area contributed by atoms with Crippen molar-refractivity contribution >= 4 is 63.3 Å². The van der Waals surface area contributed by atoms with Crippen LogP contribution in [0, 0.1) is 3.57 Å². The maximum absolute atomic E-state index is 12.3. The van der Waals surface area contributed by atoms with Crippen LogP contribution in [0.4, 0.5) is 5.69 Å². The largest absolute Gasteiger partial charge is 0.322 e. The Balaban J connectivity index is 1.50. The number of carbonyl (C=O) groups excluding carboxylic acids is 3. The highest BCUT2D eigenvalue weighted by molar-refractivity contribution is 14.1. The fourth-order valence-corrected chi connectivity index (χ4v) is 3.31. The highest BCUT2D eigenvalue weighted by Crippen LogP contribution is 2.12. The topological polar surface area (TPSA) is 99.3 Å². The van der Waals surface area contributed by atoms with E-state index in [2.05, 4.69) is 44.1 Å². The van der Waals surface area contributed by atoms with Crippen LogP contribution in [0.15, 0.2) is 78.9 Å². The van der Waals surface area contributed by atoms with Crippen LogP contribution in [0.1, 0.15) is 31.1 Å². The van der Waals surface area contributed by atoms with E-state index in [9.17, 15) is 14.4 Å². The number of anilines is 1. The molecule has 0 heterocycles. The van der Waals surface area contributed by atoms with Crippen LogP contribution < -0.4 is 21.5 Å². The summed E-state index contributed by atoms with van der Waals surface area (Å²) >= 11 is 7.10. The van der Waals surface area contributed by atoms with Gasteiger partial charge in [-0.2, -0.15) is 0 Å². The summed E-state index contributed by atoms with van der Waals surface area (Å²) in [6.45, 7) is 0. The Bertz CT molecular complexity index is 1120. The first-order valence-corrected chi connectivity index (χ1v) is 10.6. The van der Waals surface area contributed by atoms with E-state index >= 15 is 0 Å². The minimum atomic E-state index is -0.452. The summed E-state index contributed by atoms with van der Waals surface area (Å²) in [7, 11) is 0. The molecule has 156 valence electrons. The second-order valence-corrected chi connectivity index (χ2v) is 7.81. The monoisotopic (exact) mass is 544 g/mol. The Hall–Kier alpha value is -3.31. The van der Waals surface area contributed by atoms with Gasteiger partial charge < -0.3 is 5.32 Å². The molecule has 3 rings (SSSR count). The van der Waals surface area contributed by atoms with E-state index in [-0.39, 0.29) is 16.9 Å². The Morgan fingerprint density at radius 1 is 0.677 bits per heavy atom. The zero-order valence-corrected chi connectivity index (χ0v) is 19.0. The molecule has 7 nitrogen and oxygen atoms in total. The minimum absolute atomic E-state index is 0.0373.